The monoisotopic (exact) mass is 311 g/mol. The van der Waals surface area contributed by atoms with Crippen molar-refractivity contribution in [2.24, 2.45) is 0 Å². The van der Waals surface area contributed by atoms with Crippen LogP contribution in [-0.2, 0) is 4.74 Å². The summed E-state index contributed by atoms with van der Waals surface area (Å²) in [5, 5.41) is 8.87. The van der Waals surface area contributed by atoms with Crippen LogP contribution in [0.1, 0.15) is 38.6 Å². The van der Waals surface area contributed by atoms with Gasteiger partial charge in [0.15, 0.2) is 5.69 Å². The summed E-state index contributed by atoms with van der Waals surface area (Å²) in [6.07, 6.45) is -3.09. The smallest absolute Gasteiger partial charge is 0.374 e. The highest BCUT2D eigenvalue weighted by molar-refractivity contribution is 5.91. The molecule has 1 aromatic carbocycles. The number of methoxy groups -OCH3 is 1. The molecule has 6 nitrogen and oxygen atoms in total. The molecule has 0 unspecified atom stereocenters. The number of carbonyl (C=O) groups is 2. The number of rotatable bonds is 4. The number of aromatic nitrogens is 1. The van der Waals surface area contributed by atoms with Crippen LogP contribution in [0, 0.1) is 6.92 Å². The Balaban J connectivity index is 2.57. The number of benzene rings is 1. The van der Waals surface area contributed by atoms with E-state index in [4.69, 9.17) is 9.52 Å². The third-order valence-corrected chi connectivity index (χ3v) is 2.80. The van der Waals surface area contributed by atoms with Gasteiger partial charge < -0.3 is 14.3 Å². The molecule has 8 heteroatoms. The van der Waals surface area contributed by atoms with Crippen LogP contribution in [0.25, 0.3) is 11.5 Å². The van der Waals surface area contributed by atoms with Gasteiger partial charge >= 0.3 is 11.9 Å². The molecular formula is C14H11F2NO5. The first-order chi connectivity index (χ1) is 10.3. The lowest BCUT2D eigenvalue weighted by molar-refractivity contribution is 0.0599. The number of halogens is 2. The zero-order chi connectivity index (χ0) is 16.4. The molecule has 0 aliphatic heterocycles. The Morgan fingerprint density at radius 3 is 2.50 bits per heavy atom. The normalized spacial score (nSPS) is 10.8. The van der Waals surface area contributed by atoms with Crippen LogP contribution in [-0.4, -0.2) is 29.1 Å². The van der Waals surface area contributed by atoms with E-state index >= 15 is 0 Å². The third kappa shape index (κ3) is 2.95. The topological polar surface area (TPSA) is 89.6 Å². The summed E-state index contributed by atoms with van der Waals surface area (Å²) < 4.78 is 35.1. The van der Waals surface area contributed by atoms with Gasteiger partial charge in [-0.25, -0.2) is 23.4 Å². The van der Waals surface area contributed by atoms with E-state index in [-0.39, 0.29) is 17.0 Å². The molecule has 0 saturated heterocycles. The number of nitrogens with zero attached hydrogens (tertiary/aromatic N) is 1. The molecule has 1 N–H and O–H groups in total. The minimum absolute atomic E-state index is 0.172. The maximum absolute atomic E-state index is 12.8. The van der Waals surface area contributed by atoms with Gasteiger partial charge in [-0.05, 0) is 30.7 Å². The largest absolute Gasteiger partial charge is 0.475 e. The average molecular weight is 311 g/mol. The van der Waals surface area contributed by atoms with Crippen molar-refractivity contribution < 1.29 is 32.6 Å². The van der Waals surface area contributed by atoms with Crippen molar-refractivity contribution in [3.8, 4) is 11.5 Å². The van der Waals surface area contributed by atoms with Crippen LogP contribution < -0.4 is 0 Å². The molecule has 2 rings (SSSR count). The third-order valence-electron chi connectivity index (χ3n) is 2.80. The molecule has 0 bridgehead atoms. The summed E-state index contributed by atoms with van der Waals surface area (Å²) in [7, 11) is 1.20. The number of hydrogen-bond acceptors (Lipinski definition) is 5. The number of alkyl halides is 2. The Hall–Kier alpha value is -2.77. The molecule has 2 aromatic rings. The molecule has 0 saturated carbocycles. The van der Waals surface area contributed by atoms with Gasteiger partial charge in [-0.3, -0.25) is 0 Å². The Labute approximate surface area is 123 Å². The summed E-state index contributed by atoms with van der Waals surface area (Å²) in [6.45, 7) is 1.67. The second-order valence-electron chi connectivity index (χ2n) is 4.42. The van der Waals surface area contributed by atoms with Gasteiger partial charge in [-0.15, -0.1) is 0 Å². The average Bonchev–Trinajstić information content (AvgIpc) is 2.91. The number of hydrogen-bond donors (Lipinski definition) is 1. The fourth-order valence-electron chi connectivity index (χ4n) is 1.90. The van der Waals surface area contributed by atoms with Gasteiger partial charge in [0, 0.05) is 5.56 Å². The number of carboxylic acid groups (broad SMARTS) is 1. The number of esters is 1. The fourth-order valence-corrected chi connectivity index (χ4v) is 1.90. The predicted molar refractivity (Wildman–Crippen MR) is 69.9 cm³/mol. The fraction of sp³-hybridized carbons (Fsp3) is 0.214. The van der Waals surface area contributed by atoms with Gasteiger partial charge in [0.25, 0.3) is 6.43 Å². The first-order valence-electron chi connectivity index (χ1n) is 6.06. The van der Waals surface area contributed by atoms with E-state index in [1.807, 2.05) is 0 Å². The summed E-state index contributed by atoms with van der Waals surface area (Å²) in [5.41, 5.74) is 0.0520. The Bertz CT molecular complexity index is 739. The Morgan fingerprint density at radius 1 is 1.32 bits per heavy atom. The molecule has 116 valence electrons. The molecule has 0 spiro atoms. The zero-order valence-corrected chi connectivity index (χ0v) is 11.6. The van der Waals surface area contributed by atoms with Crippen molar-refractivity contribution >= 4 is 11.9 Å². The van der Waals surface area contributed by atoms with Crippen molar-refractivity contribution in [3.05, 3.63) is 40.8 Å². The van der Waals surface area contributed by atoms with Crippen LogP contribution in [0.15, 0.2) is 22.6 Å². The number of aryl methyl sites for hydroxylation is 1. The van der Waals surface area contributed by atoms with Gasteiger partial charge in [-0.2, -0.15) is 0 Å². The lowest BCUT2D eigenvalue weighted by atomic mass is 10.1. The molecule has 0 amide bonds. The number of carboxylic acids is 1. The van der Waals surface area contributed by atoms with Gasteiger partial charge in [0.05, 0.1) is 12.7 Å². The Kier molecular flexibility index (Phi) is 4.20. The summed E-state index contributed by atoms with van der Waals surface area (Å²) in [5.74, 6) is -3.49. The van der Waals surface area contributed by atoms with Crippen molar-refractivity contribution in [1.82, 2.24) is 4.98 Å². The standard InChI is InChI=1S/C14H11F2NO5/c1-6-3-7(5-8(4-6)14(20)21-2)12-17-9(11(15)16)10(22-12)13(18)19/h3-5,11H,1-2H3,(H,18,19). The van der Waals surface area contributed by atoms with Crippen LogP contribution in [0.4, 0.5) is 8.78 Å². The van der Waals surface area contributed by atoms with Crippen LogP contribution in [0.3, 0.4) is 0 Å². The maximum atomic E-state index is 12.8. The lowest BCUT2D eigenvalue weighted by Crippen LogP contribution is -2.01. The van der Waals surface area contributed by atoms with Gasteiger partial charge in [0.1, 0.15) is 0 Å². The first-order valence-corrected chi connectivity index (χ1v) is 6.06. The molecule has 0 fully saturated rings. The zero-order valence-electron chi connectivity index (χ0n) is 11.6. The Morgan fingerprint density at radius 2 is 2.00 bits per heavy atom. The lowest BCUT2D eigenvalue weighted by Gasteiger charge is -2.03. The molecule has 22 heavy (non-hydrogen) atoms. The second-order valence-corrected chi connectivity index (χ2v) is 4.42. The molecule has 0 atom stereocenters. The molecule has 1 heterocycles. The minimum atomic E-state index is -3.09. The van der Waals surface area contributed by atoms with Crippen molar-refractivity contribution in [2.45, 2.75) is 13.3 Å². The number of carbonyl (C=O) groups excluding carboxylic acids is 1. The van der Waals surface area contributed by atoms with E-state index in [1.54, 1.807) is 6.92 Å². The molecule has 0 aliphatic carbocycles. The second kappa shape index (κ2) is 5.92. The summed E-state index contributed by atoms with van der Waals surface area (Å²) >= 11 is 0. The van der Waals surface area contributed by atoms with Crippen molar-refractivity contribution in [1.29, 1.82) is 0 Å². The maximum Gasteiger partial charge on any atom is 0.374 e. The highest BCUT2D eigenvalue weighted by atomic mass is 19.3. The van der Waals surface area contributed by atoms with Crippen LogP contribution in [0.5, 0.6) is 0 Å². The highest BCUT2D eigenvalue weighted by Crippen LogP contribution is 2.29. The van der Waals surface area contributed by atoms with Crippen LogP contribution in [0.2, 0.25) is 0 Å². The van der Waals surface area contributed by atoms with Crippen molar-refractivity contribution in [2.75, 3.05) is 7.11 Å². The number of ether oxygens (including phenoxy) is 1. The molecule has 1 aromatic heterocycles. The predicted octanol–water partition coefficient (Wildman–Crippen LogP) is 3.07. The van der Waals surface area contributed by atoms with E-state index < -0.39 is 29.8 Å². The van der Waals surface area contributed by atoms with Crippen molar-refractivity contribution in [3.63, 3.8) is 0 Å². The molecular weight excluding hydrogens is 300 g/mol. The van der Waals surface area contributed by atoms with E-state index in [0.29, 0.717) is 5.56 Å². The van der Waals surface area contributed by atoms with Gasteiger partial charge in [0.2, 0.25) is 11.7 Å². The van der Waals surface area contributed by atoms with Crippen LogP contribution >= 0.6 is 0 Å². The van der Waals surface area contributed by atoms with Gasteiger partial charge in [-0.1, -0.05) is 0 Å². The number of oxazole rings is 1. The molecule has 0 radical (unpaired) electrons. The molecule has 0 aliphatic rings. The van der Waals surface area contributed by atoms with E-state index in [1.165, 1.54) is 25.3 Å². The van der Waals surface area contributed by atoms with E-state index in [9.17, 15) is 18.4 Å². The minimum Gasteiger partial charge on any atom is -0.475 e. The quantitative estimate of drug-likeness (QED) is 0.873. The number of aromatic carboxylic acids is 1. The SMILES string of the molecule is COC(=O)c1cc(C)cc(-c2nc(C(F)F)c(C(=O)O)o2)c1. The summed E-state index contributed by atoms with van der Waals surface area (Å²) in [6, 6.07) is 4.38. The first kappa shape index (κ1) is 15.6. The highest BCUT2D eigenvalue weighted by Gasteiger charge is 2.27. The van der Waals surface area contributed by atoms with E-state index in [0.717, 1.165) is 0 Å². The summed E-state index contributed by atoms with van der Waals surface area (Å²) in [4.78, 5) is 26.0. The van der Waals surface area contributed by atoms with E-state index in [2.05, 4.69) is 9.72 Å².